The van der Waals surface area contributed by atoms with E-state index >= 15 is 0 Å². The van der Waals surface area contributed by atoms with Gasteiger partial charge in [-0.1, -0.05) is 128 Å². The third kappa shape index (κ3) is 3.08. The van der Waals surface area contributed by atoms with E-state index in [4.69, 9.17) is 0 Å². The normalized spacial score (nSPS) is 11.2. The van der Waals surface area contributed by atoms with E-state index in [0.717, 1.165) is 11.1 Å². The zero-order valence-corrected chi connectivity index (χ0v) is 19.0. The van der Waals surface area contributed by atoms with Crippen molar-refractivity contribution in [3.63, 3.8) is 0 Å². The molecule has 0 amide bonds. The van der Waals surface area contributed by atoms with Gasteiger partial charge in [0.1, 0.15) is 0 Å². The van der Waals surface area contributed by atoms with Crippen LogP contribution < -0.4 is 0 Å². The van der Waals surface area contributed by atoms with E-state index in [-0.39, 0.29) is 0 Å². The lowest BCUT2D eigenvalue weighted by molar-refractivity contribution is 1.59. The molecule has 0 saturated heterocycles. The van der Waals surface area contributed by atoms with E-state index in [1.807, 2.05) is 12.2 Å². The van der Waals surface area contributed by atoms with E-state index in [1.54, 1.807) is 0 Å². The van der Waals surface area contributed by atoms with Gasteiger partial charge in [-0.25, -0.2) is 0 Å². The first-order valence-corrected chi connectivity index (χ1v) is 11.6. The molecule has 0 unspecified atom stereocenters. The van der Waals surface area contributed by atoms with E-state index in [2.05, 4.69) is 122 Å². The Hall–Kier alpha value is -4.42. The van der Waals surface area contributed by atoms with Crippen molar-refractivity contribution < 1.29 is 0 Å². The lowest BCUT2D eigenvalue weighted by Gasteiger charge is -2.20. The average Bonchev–Trinajstić information content (AvgIpc) is 2.91. The first-order valence-electron chi connectivity index (χ1n) is 11.6. The molecule has 0 atom stereocenters. The molecule has 0 heteroatoms. The highest BCUT2D eigenvalue weighted by Crippen LogP contribution is 2.43. The van der Waals surface area contributed by atoms with Crippen molar-refractivity contribution in [1.82, 2.24) is 0 Å². The largest absolute Gasteiger partial charge is 0.0984 e. The Kier molecular flexibility index (Phi) is 4.86. The summed E-state index contributed by atoms with van der Waals surface area (Å²) in [5.74, 6) is 0. The molecule has 0 radical (unpaired) electrons. The molecule has 0 nitrogen and oxygen atoms in total. The van der Waals surface area contributed by atoms with Crippen molar-refractivity contribution in [2.75, 3.05) is 0 Å². The summed E-state index contributed by atoms with van der Waals surface area (Å²) in [6.45, 7) is 8.43. The van der Waals surface area contributed by atoms with Crippen LogP contribution in [0.15, 0.2) is 122 Å². The minimum absolute atomic E-state index is 1.12. The lowest BCUT2D eigenvalue weighted by atomic mass is 9.83. The Morgan fingerprint density at radius 1 is 0.412 bits per heavy atom. The fourth-order valence-corrected chi connectivity index (χ4v) is 5.30. The van der Waals surface area contributed by atoms with Crippen molar-refractivity contribution in [3.05, 3.63) is 133 Å². The summed E-state index contributed by atoms with van der Waals surface area (Å²) in [6.07, 6.45) is 3.96. The van der Waals surface area contributed by atoms with Gasteiger partial charge in [-0.2, -0.15) is 0 Å². The molecule has 0 aliphatic rings. The summed E-state index contributed by atoms with van der Waals surface area (Å²) in [4.78, 5) is 0. The molecule has 0 aliphatic carbocycles. The fourth-order valence-electron chi connectivity index (χ4n) is 5.30. The average molecular weight is 433 g/mol. The van der Waals surface area contributed by atoms with Crippen molar-refractivity contribution in [2.45, 2.75) is 0 Å². The Morgan fingerprint density at radius 2 is 0.941 bits per heavy atom. The van der Waals surface area contributed by atoms with Crippen LogP contribution in [0.5, 0.6) is 0 Å². The van der Waals surface area contributed by atoms with Gasteiger partial charge in [-0.3, -0.25) is 0 Å². The third-order valence-electron chi connectivity index (χ3n) is 6.80. The summed E-state index contributed by atoms with van der Waals surface area (Å²) in [6, 6.07) is 39.1. The Balaban J connectivity index is 1.71. The van der Waals surface area contributed by atoms with Crippen molar-refractivity contribution >= 4 is 44.5 Å². The molecule has 0 bridgehead atoms. The van der Waals surface area contributed by atoms with Gasteiger partial charge in [0, 0.05) is 0 Å². The van der Waals surface area contributed by atoms with Crippen molar-refractivity contribution in [1.29, 1.82) is 0 Å². The van der Waals surface area contributed by atoms with Crippen molar-refractivity contribution in [2.24, 2.45) is 0 Å². The Labute approximate surface area is 200 Å². The van der Waals surface area contributed by atoms with Crippen LogP contribution in [0.4, 0.5) is 0 Å². The molecule has 6 aromatic rings. The number of hydrogen-bond donors (Lipinski definition) is 0. The molecule has 6 aromatic carbocycles. The van der Waals surface area contributed by atoms with Gasteiger partial charge >= 0.3 is 0 Å². The Morgan fingerprint density at radius 3 is 1.62 bits per heavy atom. The minimum atomic E-state index is 1.12. The van der Waals surface area contributed by atoms with E-state index in [1.165, 1.54) is 54.6 Å². The topological polar surface area (TPSA) is 0 Å². The first-order chi connectivity index (χ1) is 16.8. The monoisotopic (exact) mass is 432 g/mol. The van der Waals surface area contributed by atoms with Gasteiger partial charge in [0.25, 0.3) is 0 Å². The van der Waals surface area contributed by atoms with Gasteiger partial charge in [0.05, 0.1) is 0 Å². The quantitative estimate of drug-likeness (QED) is 0.243. The highest BCUT2D eigenvalue weighted by molar-refractivity contribution is 6.13. The molecule has 6 rings (SSSR count). The van der Waals surface area contributed by atoms with Gasteiger partial charge in [0.15, 0.2) is 0 Å². The lowest BCUT2D eigenvalue weighted by Crippen LogP contribution is -1.96. The van der Waals surface area contributed by atoms with Gasteiger partial charge in [-0.05, 0) is 71.8 Å². The summed E-state index contributed by atoms with van der Waals surface area (Å²) < 4.78 is 0. The second-order valence-corrected chi connectivity index (χ2v) is 8.62. The van der Waals surface area contributed by atoms with Crippen LogP contribution in [0.2, 0.25) is 0 Å². The summed E-state index contributed by atoms with van der Waals surface area (Å²) >= 11 is 0. The van der Waals surface area contributed by atoms with Crippen LogP contribution in [0.3, 0.4) is 0 Å². The first kappa shape index (κ1) is 20.2. The number of benzene rings is 6. The molecular formula is C34H24. The maximum absolute atomic E-state index is 4.22. The van der Waals surface area contributed by atoms with Crippen molar-refractivity contribution in [3.8, 4) is 22.3 Å². The van der Waals surface area contributed by atoms with E-state index in [9.17, 15) is 0 Å². The molecule has 0 aromatic heterocycles. The second kappa shape index (κ2) is 8.17. The molecule has 0 spiro atoms. The smallest absolute Gasteiger partial charge is 0.00264 e. The molecule has 0 fully saturated rings. The number of hydrogen-bond acceptors (Lipinski definition) is 0. The van der Waals surface area contributed by atoms with Gasteiger partial charge in [-0.15, -0.1) is 0 Å². The Bertz CT molecular complexity index is 1720. The molecule has 160 valence electrons. The SMILES string of the molecule is C=Cc1c(C=C)c(-c2ccc3c(ccc4ccccc43)c2)c2ccccc2c1-c1ccccc1. The molecule has 0 saturated carbocycles. The van der Waals surface area contributed by atoms with E-state index in [0.29, 0.717) is 0 Å². The maximum Gasteiger partial charge on any atom is -0.00264 e. The van der Waals surface area contributed by atoms with Crippen LogP contribution >= 0.6 is 0 Å². The molecule has 34 heavy (non-hydrogen) atoms. The fraction of sp³-hybridized carbons (Fsp3) is 0. The molecule has 0 N–H and O–H groups in total. The second-order valence-electron chi connectivity index (χ2n) is 8.62. The van der Waals surface area contributed by atoms with E-state index < -0.39 is 0 Å². The van der Waals surface area contributed by atoms with Crippen LogP contribution in [0, 0.1) is 0 Å². The molecular weight excluding hydrogens is 408 g/mol. The highest BCUT2D eigenvalue weighted by atomic mass is 14.2. The predicted octanol–water partition coefficient (Wildman–Crippen LogP) is 9.77. The third-order valence-corrected chi connectivity index (χ3v) is 6.80. The standard InChI is InChI=1S/C34H24/c1-3-27-28(4-2)34(32-17-11-10-16-31(32)33(27)24-13-6-5-7-14-24)26-20-21-30-25(22-26)19-18-23-12-8-9-15-29(23)30/h3-22H,1-2H2. The van der Waals surface area contributed by atoms with Crippen LogP contribution in [-0.2, 0) is 0 Å². The summed E-state index contributed by atoms with van der Waals surface area (Å²) in [5.41, 5.74) is 7.03. The van der Waals surface area contributed by atoms with Crippen LogP contribution in [0.1, 0.15) is 11.1 Å². The summed E-state index contributed by atoms with van der Waals surface area (Å²) in [5, 5.41) is 7.51. The zero-order valence-electron chi connectivity index (χ0n) is 19.0. The zero-order chi connectivity index (χ0) is 23.1. The van der Waals surface area contributed by atoms with Crippen LogP contribution in [-0.4, -0.2) is 0 Å². The predicted molar refractivity (Wildman–Crippen MR) is 150 cm³/mol. The molecule has 0 aliphatic heterocycles. The molecule has 0 heterocycles. The minimum Gasteiger partial charge on any atom is -0.0984 e. The maximum atomic E-state index is 4.22. The number of rotatable bonds is 4. The van der Waals surface area contributed by atoms with Crippen LogP contribution in [0.25, 0.3) is 66.7 Å². The summed E-state index contributed by atoms with van der Waals surface area (Å²) in [7, 11) is 0. The number of fused-ring (bicyclic) bond motifs is 4. The van der Waals surface area contributed by atoms with Gasteiger partial charge < -0.3 is 0 Å². The van der Waals surface area contributed by atoms with Gasteiger partial charge in [0.2, 0.25) is 0 Å². The highest BCUT2D eigenvalue weighted by Gasteiger charge is 2.18.